The van der Waals surface area contributed by atoms with E-state index >= 15 is 0 Å². The topological polar surface area (TPSA) is 662 Å². The van der Waals surface area contributed by atoms with Crippen molar-refractivity contribution in [3.8, 4) is 0 Å². The molecule has 8 aliphatic heterocycles. The van der Waals surface area contributed by atoms with Crippen molar-refractivity contribution in [1.82, 2.24) is 5.32 Å². The first-order chi connectivity index (χ1) is 45.6. The minimum Gasteiger partial charge on any atom is -0.394 e. The van der Waals surface area contributed by atoms with Crippen LogP contribution in [0.15, 0.2) is 0 Å². The molecule has 1 amide bonds. The van der Waals surface area contributed by atoms with E-state index in [2.05, 4.69) is 5.32 Å². The van der Waals surface area contributed by atoms with Gasteiger partial charge in [0.05, 0.1) is 52.9 Å². The number of ether oxygens (including phenoxy) is 16. The number of hydrogen-bond acceptors (Lipinski definition) is 41. The predicted octanol–water partition coefficient (Wildman–Crippen LogP) is -16.5. The van der Waals surface area contributed by atoms with E-state index in [1.165, 1.54) is 0 Å². The fourth-order valence-corrected chi connectivity index (χ4v) is 12.2. The number of aliphatic hydroxyl groups excluding tert-OH is 24. The molecule has 8 heterocycles. The molecular formula is C54H93NO41. The number of carbonyl (C=O) groups excluding carboxylic acids is 1. The van der Waals surface area contributed by atoms with Crippen LogP contribution < -0.4 is 5.32 Å². The van der Waals surface area contributed by atoms with Gasteiger partial charge in [-0.3, -0.25) is 4.79 Å². The minimum absolute atomic E-state index is 0.163. The van der Waals surface area contributed by atoms with Crippen molar-refractivity contribution in [2.75, 3.05) is 59.5 Å². The van der Waals surface area contributed by atoms with Crippen LogP contribution in [0.25, 0.3) is 0 Å². The van der Waals surface area contributed by atoms with Crippen LogP contribution >= 0.6 is 0 Å². The number of aliphatic hydroxyl groups is 24. The Hall–Kier alpha value is -2.13. The van der Waals surface area contributed by atoms with Crippen molar-refractivity contribution < 1.29 is 203 Å². The Morgan fingerprint density at radius 2 is 0.615 bits per heavy atom. The van der Waals surface area contributed by atoms with Crippen LogP contribution in [0.5, 0.6) is 0 Å². The van der Waals surface area contributed by atoms with E-state index in [0.29, 0.717) is 12.8 Å². The van der Waals surface area contributed by atoms with Gasteiger partial charge in [0.25, 0.3) is 0 Å². The Morgan fingerprint density at radius 1 is 0.302 bits per heavy atom. The van der Waals surface area contributed by atoms with E-state index in [4.69, 9.17) is 75.8 Å². The van der Waals surface area contributed by atoms with Crippen molar-refractivity contribution in [2.45, 2.75) is 272 Å². The summed E-state index contributed by atoms with van der Waals surface area (Å²) in [5, 5.41) is 264. The molecule has 8 rings (SSSR count). The van der Waals surface area contributed by atoms with Crippen molar-refractivity contribution in [3.63, 3.8) is 0 Å². The van der Waals surface area contributed by atoms with Gasteiger partial charge in [-0.05, 0) is 6.42 Å². The Labute approximate surface area is 545 Å². The van der Waals surface area contributed by atoms with E-state index in [-0.39, 0.29) is 6.61 Å². The summed E-state index contributed by atoms with van der Waals surface area (Å²) in [4.78, 5) is 12.4. The minimum atomic E-state index is -2.35. The molecule has 0 spiro atoms. The van der Waals surface area contributed by atoms with Gasteiger partial charge < -0.3 is 204 Å². The van der Waals surface area contributed by atoms with Crippen LogP contribution in [0.1, 0.15) is 26.7 Å². The zero-order valence-corrected chi connectivity index (χ0v) is 51.5. The maximum Gasteiger partial charge on any atom is 0.217 e. The molecule has 42 nitrogen and oxygen atoms in total. The molecule has 0 radical (unpaired) electrons. The molecule has 40 atom stereocenters. The first-order valence-electron chi connectivity index (χ1n) is 31.1. The number of hydrogen-bond donors (Lipinski definition) is 25. The normalized spacial score (nSPS) is 50.5. The lowest BCUT2D eigenvalue weighted by Crippen LogP contribution is -2.69. The lowest BCUT2D eigenvalue weighted by Gasteiger charge is -2.51. The predicted molar refractivity (Wildman–Crippen MR) is 295 cm³/mol. The van der Waals surface area contributed by atoms with Gasteiger partial charge in [0, 0.05) is 13.5 Å². The fraction of sp³-hybridized carbons (Fsp3) is 0.981. The quantitative estimate of drug-likeness (QED) is 0.0340. The Kier molecular flexibility index (Phi) is 29.3. The molecule has 42 heteroatoms. The highest BCUT2D eigenvalue weighted by atomic mass is 16.8. The zero-order chi connectivity index (χ0) is 70.5. The Bertz CT molecular complexity index is 2330. The maximum absolute atomic E-state index is 12.4. The van der Waals surface area contributed by atoms with Crippen molar-refractivity contribution in [3.05, 3.63) is 0 Å². The smallest absolute Gasteiger partial charge is 0.217 e. The van der Waals surface area contributed by atoms with Crippen LogP contribution in [0, 0.1) is 0 Å². The van der Waals surface area contributed by atoms with Crippen LogP contribution in [0.3, 0.4) is 0 Å². The van der Waals surface area contributed by atoms with Crippen LogP contribution in [-0.2, 0) is 80.6 Å². The summed E-state index contributed by atoms with van der Waals surface area (Å²) in [7, 11) is 0. The number of nitrogens with one attached hydrogen (secondary N) is 1. The first kappa shape index (κ1) is 79.6. The van der Waals surface area contributed by atoms with Crippen LogP contribution in [0.4, 0.5) is 0 Å². The SMILES string of the molecule is CCCCO[C@H]1OC(CO[C@@H]2OC(CO)[C@@H](O)[C@H](O)C2O[C@@H]2OC(CO)[C@@H](O[C@@H]3OC(CO)[C@H](O[C@H]4OC(CO)[C@H](O)[C@H](O)C4O)[C@H](O)C3O)[C@H](O)C2O)[C@@H](O[C@@H]2OC(CO)[C@@H](O)[C@H](O)C2O[C@H]2OC(CO)[C@@H](O)[C@H](O)C2NC(C)=O)[C@H](O[C@@H]2OC(CO)[C@@H](O)[C@H](O)C2O)C1O. The summed E-state index contributed by atoms with van der Waals surface area (Å²) in [6, 6.07) is -1.73. The van der Waals surface area contributed by atoms with E-state index in [1.54, 1.807) is 6.92 Å². The molecule has 560 valence electrons. The standard InChI is InChI=1S/C54H93NO41/c1-3-4-5-81-48-40(80)44(94-50-37(77)31(71)26(66)17(8-58)85-50)43(93-54-46(33(73)28(68)19(10-60)87-54)95-47-23(55-14(2)63)29(69)24(64)15(6-56)83-47)22(90-48)13-82-53-45(32(72)27(67)18(9-59)86-53)96-52-39(79)35(75)42(21(12-62)89-52)92-51-38(78)34(74)41(20(11-61)88-51)91-49-36(76)30(70)25(65)16(7-57)84-49/h15-54,56-62,64-80H,3-13H2,1-2H3,(H,55,63)/t15?,16?,17?,18?,19?,20?,21?,22?,23?,24-,25+,26-,27-,28-,29-,30+,31+,32+,33+,34-,35-,36?,37?,38?,39?,40?,41+,42-,43-,44-,45?,46?,47-,48+,49-,50+,51+,52+,53-,54+/m1/s1. The molecule has 0 aromatic rings. The van der Waals surface area contributed by atoms with Gasteiger partial charge >= 0.3 is 0 Å². The second kappa shape index (κ2) is 35.4. The highest BCUT2D eigenvalue weighted by Gasteiger charge is 2.60. The molecule has 16 unspecified atom stereocenters. The van der Waals surface area contributed by atoms with Gasteiger partial charge in [-0.2, -0.15) is 0 Å². The Balaban J connectivity index is 1.08. The van der Waals surface area contributed by atoms with Gasteiger partial charge in [-0.25, -0.2) is 0 Å². The van der Waals surface area contributed by atoms with Gasteiger partial charge in [0.1, 0.15) is 195 Å². The van der Waals surface area contributed by atoms with Crippen LogP contribution in [0.2, 0.25) is 0 Å². The molecule has 0 aromatic carbocycles. The molecule has 96 heavy (non-hydrogen) atoms. The van der Waals surface area contributed by atoms with E-state index in [9.17, 15) is 127 Å². The molecule has 0 bridgehead atoms. The maximum atomic E-state index is 12.4. The summed E-state index contributed by atoms with van der Waals surface area (Å²) in [5.74, 6) is -0.827. The summed E-state index contributed by atoms with van der Waals surface area (Å²) in [5.41, 5.74) is 0. The highest BCUT2D eigenvalue weighted by molar-refractivity contribution is 5.73. The van der Waals surface area contributed by atoms with Gasteiger partial charge in [0.15, 0.2) is 50.3 Å². The summed E-state index contributed by atoms with van der Waals surface area (Å²) < 4.78 is 94.4. The molecule has 8 aliphatic rings. The Morgan fingerprint density at radius 3 is 1.04 bits per heavy atom. The third-order valence-corrected chi connectivity index (χ3v) is 17.8. The van der Waals surface area contributed by atoms with Crippen LogP contribution in [-0.4, -0.2) is 434 Å². The average Bonchev–Trinajstić information content (AvgIpc) is 0.783. The number of unbranched alkanes of at least 4 members (excludes halogenated alkanes) is 1. The number of amides is 1. The third kappa shape index (κ3) is 17.2. The molecule has 8 saturated heterocycles. The van der Waals surface area contributed by atoms with Crippen molar-refractivity contribution >= 4 is 5.91 Å². The zero-order valence-electron chi connectivity index (χ0n) is 51.5. The van der Waals surface area contributed by atoms with Crippen molar-refractivity contribution in [1.29, 1.82) is 0 Å². The van der Waals surface area contributed by atoms with Gasteiger partial charge in [-0.15, -0.1) is 0 Å². The summed E-state index contributed by atoms with van der Waals surface area (Å²) in [6.07, 6.45) is -77.4. The van der Waals surface area contributed by atoms with E-state index in [1.807, 2.05) is 0 Å². The molecule has 8 fully saturated rings. The second-order valence-corrected chi connectivity index (χ2v) is 24.3. The van der Waals surface area contributed by atoms with E-state index in [0.717, 1.165) is 6.92 Å². The lowest BCUT2D eigenvalue weighted by molar-refractivity contribution is -0.405. The monoisotopic (exact) mass is 1410 g/mol. The largest absolute Gasteiger partial charge is 0.394 e. The number of carbonyl (C=O) groups is 1. The highest BCUT2D eigenvalue weighted by Crippen LogP contribution is 2.39. The molecule has 0 aliphatic carbocycles. The van der Waals surface area contributed by atoms with E-state index < -0.39 is 304 Å². The summed E-state index contributed by atoms with van der Waals surface area (Å²) in [6.45, 7) is -5.54. The van der Waals surface area contributed by atoms with Gasteiger partial charge in [0.2, 0.25) is 5.91 Å². The van der Waals surface area contributed by atoms with Crippen molar-refractivity contribution in [2.24, 2.45) is 0 Å². The molecular weight excluding hydrogens is 1320 g/mol. The molecule has 0 saturated carbocycles. The molecule has 25 N–H and O–H groups in total. The average molecular weight is 1410 g/mol. The summed E-state index contributed by atoms with van der Waals surface area (Å²) >= 11 is 0. The molecule has 0 aromatic heterocycles. The van der Waals surface area contributed by atoms with Gasteiger partial charge in [-0.1, -0.05) is 13.3 Å². The first-order valence-corrected chi connectivity index (χ1v) is 31.1. The number of rotatable bonds is 27. The third-order valence-electron chi connectivity index (χ3n) is 17.8. The second-order valence-electron chi connectivity index (χ2n) is 24.3. The lowest BCUT2D eigenvalue weighted by atomic mass is 9.95. The fourth-order valence-electron chi connectivity index (χ4n) is 12.2.